The van der Waals surface area contributed by atoms with Crippen molar-refractivity contribution < 1.29 is 38.2 Å². The third-order valence-corrected chi connectivity index (χ3v) is 9.37. The second-order valence-electron chi connectivity index (χ2n) is 15.6. The highest BCUT2D eigenvalue weighted by molar-refractivity contribution is 5.99. The Morgan fingerprint density at radius 2 is 1.14 bits per heavy atom. The summed E-state index contributed by atoms with van der Waals surface area (Å²) in [6, 6.07) is 12.9. The van der Waals surface area contributed by atoms with E-state index in [-0.39, 0.29) is 54.7 Å². The number of alkyl carbamates (subject to hydrolysis) is 1. The predicted molar refractivity (Wildman–Crippen MR) is 194 cm³/mol. The minimum atomic E-state index is -0.601. The molecule has 0 aliphatic carbocycles. The third-order valence-electron chi connectivity index (χ3n) is 9.37. The number of likely N-dealkylation sites (tertiary alicyclic amines) is 2. The summed E-state index contributed by atoms with van der Waals surface area (Å²) in [6.07, 6.45) is 1.24. The summed E-state index contributed by atoms with van der Waals surface area (Å²) in [5.41, 5.74) is 1.95. The van der Waals surface area contributed by atoms with Crippen molar-refractivity contribution in [1.82, 2.24) is 15.1 Å². The minimum Gasteiger partial charge on any atom is -0.456 e. The molecule has 1 N–H and O–H groups in total. The van der Waals surface area contributed by atoms with E-state index in [1.54, 1.807) is 57.2 Å². The normalized spacial score (nSPS) is 19.5. The Labute approximate surface area is 302 Å². The monoisotopic (exact) mass is 705 g/mol. The van der Waals surface area contributed by atoms with E-state index in [9.17, 15) is 24.0 Å². The second-order valence-corrected chi connectivity index (χ2v) is 15.6. The van der Waals surface area contributed by atoms with Gasteiger partial charge in [-0.2, -0.15) is 0 Å². The van der Waals surface area contributed by atoms with Gasteiger partial charge in [-0.15, -0.1) is 0 Å². The molecule has 1 amide bonds. The van der Waals surface area contributed by atoms with Crippen LogP contribution in [-0.2, 0) is 23.8 Å². The quantitative estimate of drug-likeness (QED) is 0.146. The minimum absolute atomic E-state index is 0.0649. The van der Waals surface area contributed by atoms with Crippen molar-refractivity contribution in [3.8, 4) is 11.1 Å². The van der Waals surface area contributed by atoms with Crippen LogP contribution in [0.1, 0.15) is 88.9 Å². The van der Waals surface area contributed by atoms with Gasteiger partial charge in [0.25, 0.3) is 0 Å². The molecule has 1 unspecified atom stereocenters. The molecule has 2 heterocycles. The zero-order valence-corrected chi connectivity index (χ0v) is 31.4. The molecule has 0 aromatic heterocycles. The van der Waals surface area contributed by atoms with Gasteiger partial charge in [0.15, 0.2) is 24.8 Å². The highest BCUT2D eigenvalue weighted by Crippen LogP contribution is 2.25. The second kappa shape index (κ2) is 17.4. The van der Waals surface area contributed by atoms with E-state index in [1.165, 1.54) is 0 Å². The van der Waals surface area contributed by atoms with Crippen LogP contribution in [0.2, 0.25) is 0 Å². The number of rotatable bonds is 14. The molecule has 0 bridgehead atoms. The topological polar surface area (TPSA) is 132 Å². The number of carbonyl (C=O) groups is 5. The Morgan fingerprint density at radius 1 is 0.706 bits per heavy atom. The fourth-order valence-corrected chi connectivity index (χ4v) is 6.85. The molecular weight excluding hydrogens is 650 g/mol. The molecule has 4 rings (SSSR count). The Balaban J connectivity index is 1.26. The molecule has 2 fully saturated rings. The first kappa shape index (κ1) is 39.7. The maximum Gasteiger partial charge on any atom is 0.407 e. The van der Waals surface area contributed by atoms with Gasteiger partial charge in [0.1, 0.15) is 17.7 Å². The smallest absolute Gasteiger partial charge is 0.407 e. The Hall–Kier alpha value is -4.09. The number of ether oxygens (including phenoxy) is 3. The number of amides is 1. The number of carbonyl (C=O) groups excluding carboxylic acids is 5. The summed E-state index contributed by atoms with van der Waals surface area (Å²) < 4.78 is 16.3. The largest absolute Gasteiger partial charge is 0.456 e. The van der Waals surface area contributed by atoms with Gasteiger partial charge in [-0.3, -0.25) is 29.0 Å². The number of nitrogens with zero attached hydrogens (tertiary/aromatic N) is 2. The molecule has 2 aromatic rings. The van der Waals surface area contributed by atoms with Crippen molar-refractivity contribution in [2.45, 2.75) is 92.0 Å². The van der Waals surface area contributed by atoms with E-state index in [0.29, 0.717) is 36.6 Å². The summed E-state index contributed by atoms with van der Waals surface area (Å²) in [5.74, 6) is -0.874. The molecule has 11 heteroatoms. The van der Waals surface area contributed by atoms with Crippen LogP contribution in [0.15, 0.2) is 48.5 Å². The number of benzene rings is 2. The molecule has 2 saturated heterocycles. The van der Waals surface area contributed by atoms with Gasteiger partial charge in [-0.25, -0.2) is 4.79 Å². The number of Topliss-reactive ketones (excluding diaryl/α,β-unsaturated/α-hetero) is 2. The van der Waals surface area contributed by atoms with Crippen molar-refractivity contribution in [1.29, 1.82) is 0 Å². The fourth-order valence-electron chi connectivity index (χ4n) is 6.85. The van der Waals surface area contributed by atoms with Crippen molar-refractivity contribution >= 4 is 29.6 Å². The Bertz CT molecular complexity index is 1530. The first-order chi connectivity index (χ1) is 24.0. The maximum absolute atomic E-state index is 13.2. The highest BCUT2D eigenvalue weighted by Gasteiger charge is 2.37. The van der Waals surface area contributed by atoms with Crippen LogP contribution in [0.25, 0.3) is 11.1 Å². The molecule has 278 valence electrons. The summed E-state index contributed by atoms with van der Waals surface area (Å²) in [6.45, 7) is 17.5. The molecule has 0 spiro atoms. The van der Waals surface area contributed by atoms with Gasteiger partial charge < -0.3 is 19.5 Å². The standard InChI is InChI=1S/C40H55N3O8/c1-25(2)35(42-19-17-27(5)21-42)37(46)49-23-33(44)30-13-9-28(10-14-30)29-11-15-31(16-12-29)34(45)24-50-38(47)36(26(3)4)43-20-18-32(22-43)41-39(48)51-40(6,7)8/h9-16,25-27,32,35-36H,17-24H2,1-8H3,(H,41,48)/t27-,32-,35?,36-/m0/s1. The first-order valence-corrected chi connectivity index (χ1v) is 18.1. The van der Waals surface area contributed by atoms with Crippen molar-refractivity contribution in [3.63, 3.8) is 0 Å². The lowest BCUT2D eigenvalue weighted by atomic mass is 10.0. The number of nitrogens with one attached hydrogen (secondary N) is 1. The summed E-state index contributed by atoms with van der Waals surface area (Å²) in [7, 11) is 0. The summed E-state index contributed by atoms with van der Waals surface area (Å²) in [4.78, 5) is 68.2. The lowest BCUT2D eigenvalue weighted by molar-refractivity contribution is -0.151. The van der Waals surface area contributed by atoms with E-state index in [1.807, 2.05) is 44.7 Å². The molecule has 2 aliphatic rings. The van der Waals surface area contributed by atoms with Gasteiger partial charge in [-0.05, 0) is 69.0 Å². The molecule has 11 nitrogen and oxygen atoms in total. The van der Waals surface area contributed by atoms with Crippen LogP contribution in [-0.4, -0.2) is 103 Å². The van der Waals surface area contributed by atoms with Crippen LogP contribution >= 0.6 is 0 Å². The number of esters is 2. The van der Waals surface area contributed by atoms with Crippen LogP contribution in [0.4, 0.5) is 4.79 Å². The molecule has 51 heavy (non-hydrogen) atoms. The number of ketones is 2. The molecule has 2 aliphatic heterocycles. The van der Waals surface area contributed by atoms with Gasteiger partial charge in [-0.1, -0.05) is 83.1 Å². The SMILES string of the molecule is CC(C)C(C(=O)OCC(=O)c1ccc(-c2ccc(C(=O)COC(=O)[C@H](C(C)C)N3CC[C@H](NC(=O)OC(C)(C)C)C3)cc2)cc1)N1CC[C@H](C)C1. The van der Waals surface area contributed by atoms with Gasteiger partial charge >= 0.3 is 18.0 Å². The lowest BCUT2D eigenvalue weighted by Gasteiger charge is -2.29. The molecule has 0 saturated carbocycles. The average Bonchev–Trinajstić information content (AvgIpc) is 3.69. The van der Waals surface area contributed by atoms with E-state index >= 15 is 0 Å². The fraction of sp³-hybridized carbons (Fsp3) is 0.575. The predicted octanol–water partition coefficient (Wildman–Crippen LogP) is 5.80. The lowest BCUT2D eigenvalue weighted by Crippen LogP contribution is -2.47. The zero-order chi connectivity index (χ0) is 37.5. The highest BCUT2D eigenvalue weighted by atomic mass is 16.6. The molecular formula is C40H55N3O8. The number of hydrogen-bond donors (Lipinski definition) is 1. The molecule has 4 atom stereocenters. The van der Waals surface area contributed by atoms with Crippen LogP contribution in [0, 0.1) is 17.8 Å². The third kappa shape index (κ3) is 11.2. The van der Waals surface area contributed by atoms with Crippen LogP contribution in [0.3, 0.4) is 0 Å². The zero-order valence-electron chi connectivity index (χ0n) is 31.4. The summed E-state index contributed by atoms with van der Waals surface area (Å²) in [5, 5.41) is 2.88. The Kier molecular flexibility index (Phi) is 13.6. The van der Waals surface area contributed by atoms with Crippen LogP contribution < -0.4 is 5.32 Å². The number of hydrogen-bond acceptors (Lipinski definition) is 10. The van der Waals surface area contributed by atoms with E-state index in [2.05, 4.69) is 17.1 Å². The molecule has 2 aromatic carbocycles. The van der Waals surface area contributed by atoms with Crippen molar-refractivity contribution in [3.05, 3.63) is 59.7 Å². The summed E-state index contributed by atoms with van der Waals surface area (Å²) >= 11 is 0. The van der Waals surface area contributed by atoms with E-state index in [4.69, 9.17) is 14.2 Å². The Morgan fingerprint density at radius 3 is 1.53 bits per heavy atom. The van der Waals surface area contributed by atoms with Crippen molar-refractivity contribution in [2.24, 2.45) is 17.8 Å². The van der Waals surface area contributed by atoms with Gasteiger partial charge in [0.05, 0.1) is 0 Å². The van der Waals surface area contributed by atoms with Gasteiger partial charge in [0, 0.05) is 36.8 Å². The van der Waals surface area contributed by atoms with Crippen molar-refractivity contribution in [2.75, 3.05) is 39.4 Å². The van der Waals surface area contributed by atoms with E-state index in [0.717, 1.165) is 30.6 Å². The first-order valence-electron chi connectivity index (χ1n) is 18.1. The van der Waals surface area contributed by atoms with E-state index < -0.39 is 23.7 Å². The van der Waals surface area contributed by atoms with Crippen LogP contribution in [0.5, 0.6) is 0 Å². The average molecular weight is 706 g/mol. The molecule has 0 radical (unpaired) electrons. The maximum atomic E-state index is 13.2. The van der Waals surface area contributed by atoms with Gasteiger partial charge in [0.2, 0.25) is 0 Å².